The minimum atomic E-state index is -0.124. The number of hydrogen-bond donors (Lipinski definition) is 0. The molecule has 1 nitrogen and oxygen atoms in total. The third-order valence-electron chi connectivity index (χ3n) is 12.4. The number of benzene rings is 10. The van der Waals surface area contributed by atoms with Crippen molar-refractivity contribution in [3.8, 4) is 44.5 Å². The summed E-state index contributed by atoms with van der Waals surface area (Å²) in [6.07, 6.45) is 0. The third kappa shape index (κ3) is 5.46. The van der Waals surface area contributed by atoms with Crippen molar-refractivity contribution in [1.82, 2.24) is 0 Å². The van der Waals surface area contributed by atoms with E-state index in [9.17, 15) is 0 Å². The van der Waals surface area contributed by atoms with Crippen LogP contribution in [-0.4, -0.2) is 0 Å². The molecule has 0 radical (unpaired) electrons. The Labute approximate surface area is 340 Å². The lowest BCUT2D eigenvalue weighted by Crippen LogP contribution is -2.16. The molecule has 0 atom stereocenters. The van der Waals surface area contributed by atoms with Crippen LogP contribution in [-0.2, 0) is 5.41 Å². The van der Waals surface area contributed by atoms with Crippen LogP contribution in [0, 0.1) is 0 Å². The largest absolute Gasteiger partial charge is 0.310 e. The fourth-order valence-corrected chi connectivity index (χ4v) is 9.59. The Balaban J connectivity index is 1.08. The molecule has 0 amide bonds. The molecule has 1 aliphatic rings. The van der Waals surface area contributed by atoms with Gasteiger partial charge >= 0.3 is 0 Å². The molecule has 0 unspecified atom stereocenters. The lowest BCUT2D eigenvalue weighted by atomic mass is 9.82. The highest BCUT2D eigenvalue weighted by atomic mass is 15.1. The van der Waals surface area contributed by atoms with Gasteiger partial charge in [-0.05, 0) is 125 Å². The summed E-state index contributed by atoms with van der Waals surface area (Å²) in [5.41, 5.74) is 15.9. The van der Waals surface area contributed by atoms with Gasteiger partial charge in [-0.2, -0.15) is 0 Å². The van der Waals surface area contributed by atoms with Gasteiger partial charge in [0.2, 0.25) is 0 Å². The predicted octanol–water partition coefficient (Wildman–Crippen LogP) is 15.9. The first-order valence-corrected chi connectivity index (χ1v) is 20.3. The van der Waals surface area contributed by atoms with Crippen molar-refractivity contribution >= 4 is 49.4 Å². The van der Waals surface area contributed by atoms with Gasteiger partial charge in [-0.15, -0.1) is 0 Å². The molecule has 274 valence electrons. The van der Waals surface area contributed by atoms with Crippen LogP contribution in [0.4, 0.5) is 17.1 Å². The van der Waals surface area contributed by atoms with Crippen LogP contribution in [0.1, 0.15) is 25.0 Å². The molecule has 0 saturated heterocycles. The van der Waals surface area contributed by atoms with Crippen molar-refractivity contribution in [2.75, 3.05) is 4.90 Å². The number of nitrogens with zero attached hydrogens (tertiary/aromatic N) is 1. The molecular formula is C57H41N. The Morgan fingerprint density at radius 3 is 1.71 bits per heavy atom. The maximum atomic E-state index is 2.46. The van der Waals surface area contributed by atoms with E-state index in [1.165, 1.54) is 88.0 Å². The zero-order valence-electron chi connectivity index (χ0n) is 32.7. The van der Waals surface area contributed by atoms with E-state index in [1.54, 1.807) is 0 Å². The lowest BCUT2D eigenvalue weighted by molar-refractivity contribution is 0.660. The summed E-state index contributed by atoms with van der Waals surface area (Å²) in [7, 11) is 0. The van der Waals surface area contributed by atoms with E-state index < -0.39 is 0 Å². The van der Waals surface area contributed by atoms with Gasteiger partial charge in [0.1, 0.15) is 0 Å². The monoisotopic (exact) mass is 739 g/mol. The van der Waals surface area contributed by atoms with Crippen molar-refractivity contribution < 1.29 is 0 Å². The van der Waals surface area contributed by atoms with Crippen molar-refractivity contribution in [3.05, 3.63) is 223 Å². The highest BCUT2D eigenvalue weighted by molar-refractivity contribution is 6.13. The van der Waals surface area contributed by atoms with E-state index in [1.807, 2.05) is 0 Å². The van der Waals surface area contributed by atoms with E-state index in [4.69, 9.17) is 0 Å². The maximum Gasteiger partial charge on any atom is 0.0540 e. The van der Waals surface area contributed by atoms with Crippen LogP contribution in [0.5, 0.6) is 0 Å². The maximum absolute atomic E-state index is 2.46. The van der Waals surface area contributed by atoms with Crippen molar-refractivity contribution in [2.45, 2.75) is 19.3 Å². The number of para-hydroxylation sites is 1. The molecule has 0 bridgehead atoms. The minimum absolute atomic E-state index is 0.124. The third-order valence-corrected chi connectivity index (χ3v) is 12.4. The van der Waals surface area contributed by atoms with E-state index in [-0.39, 0.29) is 5.41 Å². The van der Waals surface area contributed by atoms with Crippen LogP contribution in [0.2, 0.25) is 0 Å². The molecule has 1 aliphatic carbocycles. The first-order valence-electron chi connectivity index (χ1n) is 20.3. The summed E-state index contributed by atoms with van der Waals surface area (Å²) in [4.78, 5) is 2.46. The Morgan fingerprint density at radius 1 is 0.310 bits per heavy atom. The van der Waals surface area contributed by atoms with Gasteiger partial charge in [0.25, 0.3) is 0 Å². The molecule has 11 rings (SSSR count). The zero-order chi connectivity index (χ0) is 38.8. The molecule has 10 aromatic rings. The molecule has 0 aliphatic heterocycles. The quantitative estimate of drug-likeness (QED) is 0.154. The molecule has 0 spiro atoms. The SMILES string of the molecule is CC1(C)c2ccccc2-c2ccc(N(c3ccc(-c4cc5ccccc5c5ccccc45)cc3)c3ccccc3-c3cccc(-c4cccc5ccccc45)c3)cc21. The lowest BCUT2D eigenvalue weighted by Gasteiger charge is -2.30. The molecule has 58 heavy (non-hydrogen) atoms. The van der Waals surface area contributed by atoms with Crippen LogP contribution in [0.15, 0.2) is 212 Å². The Bertz CT molecular complexity index is 3200. The van der Waals surface area contributed by atoms with Gasteiger partial charge < -0.3 is 4.90 Å². The standard InChI is InChI=1S/C57H41N/c1-57(2)54-27-11-9-25-51(54)52-34-33-44(37-55(52)57)58(43-31-29-39(30-32-43)53-36-42-16-4-6-21-47(42)49-23-7-8-24-50(49)53)56-28-12-10-22-48(56)41-19-13-18-40(35-41)46-26-14-17-38-15-3-5-20-45(38)46/h3-37H,1-2H3. The molecule has 0 N–H and O–H groups in total. The van der Waals surface area contributed by atoms with Crippen molar-refractivity contribution in [2.24, 2.45) is 0 Å². The molecule has 10 aromatic carbocycles. The molecular weight excluding hydrogens is 699 g/mol. The van der Waals surface area contributed by atoms with E-state index in [2.05, 4.69) is 231 Å². The summed E-state index contributed by atoms with van der Waals surface area (Å²) in [6, 6.07) is 78.2. The Morgan fingerprint density at radius 2 is 0.879 bits per heavy atom. The predicted molar refractivity (Wildman–Crippen MR) is 248 cm³/mol. The van der Waals surface area contributed by atoms with E-state index >= 15 is 0 Å². The number of anilines is 3. The molecule has 1 heteroatoms. The normalized spacial score (nSPS) is 12.8. The minimum Gasteiger partial charge on any atom is -0.310 e. The van der Waals surface area contributed by atoms with E-state index in [0.717, 1.165) is 17.1 Å². The average molecular weight is 740 g/mol. The van der Waals surface area contributed by atoms with Gasteiger partial charge in [-0.3, -0.25) is 0 Å². The number of fused-ring (bicyclic) bond motifs is 7. The Hall–Kier alpha value is -7.22. The average Bonchev–Trinajstić information content (AvgIpc) is 3.51. The molecule has 0 saturated carbocycles. The first kappa shape index (κ1) is 34.1. The smallest absolute Gasteiger partial charge is 0.0540 e. The molecule has 0 aromatic heterocycles. The first-order chi connectivity index (χ1) is 28.5. The Kier molecular flexibility index (Phi) is 7.91. The second-order valence-electron chi connectivity index (χ2n) is 16.1. The van der Waals surface area contributed by atoms with Gasteiger partial charge in [0.05, 0.1) is 5.69 Å². The fraction of sp³-hybridized carbons (Fsp3) is 0.0526. The second-order valence-corrected chi connectivity index (χ2v) is 16.1. The van der Waals surface area contributed by atoms with Gasteiger partial charge in [0, 0.05) is 22.4 Å². The summed E-state index contributed by atoms with van der Waals surface area (Å²) >= 11 is 0. The number of hydrogen-bond acceptors (Lipinski definition) is 1. The zero-order valence-corrected chi connectivity index (χ0v) is 32.7. The van der Waals surface area contributed by atoms with E-state index in [0.29, 0.717) is 0 Å². The van der Waals surface area contributed by atoms with Gasteiger partial charge in [-0.1, -0.05) is 184 Å². The summed E-state index contributed by atoms with van der Waals surface area (Å²) in [6.45, 7) is 4.72. The van der Waals surface area contributed by atoms with Gasteiger partial charge in [-0.25, -0.2) is 0 Å². The van der Waals surface area contributed by atoms with Crippen molar-refractivity contribution in [3.63, 3.8) is 0 Å². The van der Waals surface area contributed by atoms with Crippen LogP contribution in [0.3, 0.4) is 0 Å². The fourth-order valence-electron chi connectivity index (χ4n) is 9.59. The van der Waals surface area contributed by atoms with Crippen LogP contribution >= 0.6 is 0 Å². The van der Waals surface area contributed by atoms with Gasteiger partial charge in [0.15, 0.2) is 0 Å². The van der Waals surface area contributed by atoms with Crippen LogP contribution < -0.4 is 4.90 Å². The highest BCUT2D eigenvalue weighted by Gasteiger charge is 2.36. The summed E-state index contributed by atoms with van der Waals surface area (Å²) in [5, 5.41) is 7.60. The summed E-state index contributed by atoms with van der Waals surface area (Å²) in [5.74, 6) is 0. The second kappa shape index (κ2) is 13.5. The number of rotatable bonds is 6. The molecule has 0 heterocycles. The summed E-state index contributed by atoms with van der Waals surface area (Å²) < 4.78 is 0. The molecule has 0 fully saturated rings. The van der Waals surface area contributed by atoms with Crippen LogP contribution in [0.25, 0.3) is 76.8 Å². The van der Waals surface area contributed by atoms with Crippen molar-refractivity contribution in [1.29, 1.82) is 0 Å². The highest BCUT2D eigenvalue weighted by Crippen LogP contribution is 2.51. The topological polar surface area (TPSA) is 3.24 Å².